The zero-order valence-corrected chi connectivity index (χ0v) is 14.9. The van der Waals surface area contributed by atoms with Crippen molar-refractivity contribution >= 4 is 17.1 Å². The van der Waals surface area contributed by atoms with E-state index in [2.05, 4.69) is 15.6 Å². The van der Waals surface area contributed by atoms with E-state index in [1.807, 2.05) is 43.3 Å². The summed E-state index contributed by atoms with van der Waals surface area (Å²) >= 11 is 0. The number of methoxy groups -OCH3 is 1. The molecule has 0 amide bonds. The van der Waals surface area contributed by atoms with Crippen molar-refractivity contribution in [1.82, 2.24) is 4.98 Å². The number of anilines is 3. The molecule has 3 aromatic rings. The molecule has 2 aromatic carbocycles. The van der Waals surface area contributed by atoms with Crippen LogP contribution in [0.5, 0.6) is 5.88 Å². The van der Waals surface area contributed by atoms with E-state index in [4.69, 9.17) is 10.00 Å². The van der Waals surface area contributed by atoms with Crippen molar-refractivity contribution in [3.05, 3.63) is 74.2 Å². The summed E-state index contributed by atoms with van der Waals surface area (Å²) in [5.41, 5.74) is 0.844. The van der Waals surface area contributed by atoms with Gasteiger partial charge < -0.3 is 15.4 Å². The fourth-order valence-corrected chi connectivity index (χ4v) is 2.83. The molecule has 136 valence electrons. The molecule has 2 N–H and O–H groups in total. The van der Waals surface area contributed by atoms with Crippen LogP contribution in [0.4, 0.5) is 17.1 Å². The third-order valence-corrected chi connectivity index (χ3v) is 4.27. The maximum Gasteiger partial charge on any atom is 0.253 e. The molecule has 0 radical (unpaired) electrons. The molecule has 0 aliphatic carbocycles. The Hall–Kier alpha value is -3.66. The molecule has 7 nitrogen and oxygen atoms in total. The van der Waals surface area contributed by atoms with E-state index < -0.39 is 10.9 Å². The lowest BCUT2D eigenvalue weighted by molar-refractivity contribution is 0.400. The fraction of sp³-hybridized carbons (Fsp3) is 0.200. The van der Waals surface area contributed by atoms with Crippen molar-refractivity contribution in [2.75, 3.05) is 17.7 Å². The minimum absolute atomic E-state index is 0.111. The molecule has 0 spiro atoms. The highest BCUT2D eigenvalue weighted by Gasteiger charge is 2.24. The van der Waals surface area contributed by atoms with E-state index in [9.17, 15) is 9.59 Å². The molecule has 0 fully saturated rings. The fourth-order valence-electron chi connectivity index (χ4n) is 2.83. The minimum atomic E-state index is -0.621. The highest BCUT2D eigenvalue weighted by atomic mass is 16.5. The summed E-state index contributed by atoms with van der Waals surface area (Å²) in [6.07, 6.45) is 2.10. The van der Waals surface area contributed by atoms with E-state index in [0.29, 0.717) is 11.3 Å². The van der Waals surface area contributed by atoms with Gasteiger partial charge in [-0.1, -0.05) is 37.3 Å². The second kappa shape index (κ2) is 7.70. The molecule has 1 unspecified atom stereocenters. The van der Waals surface area contributed by atoms with Crippen LogP contribution in [-0.4, -0.2) is 12.1 Å². The summed E-state index contributed by atoms with van der Waals surface area (Å²) in [6, 6.07) is 13.1. The summed E-state index contributed by atoms with van der Waals surface area (Å²) in [5, 5.41) is 15.1. The number of nitriles is 1. The van der Waals surface area contributed by atoms with Crippen LogP contribution in [0.1, 0.15) is 30.5 Å². The molecular weight excluding hydrogens is 344 g/mol. The van der Waals surface area contributed by atoms with Gasteiger partial charge in [0.05, 0.1) is 18.7 Å². The summed E-state index contributed by atoms with van der Waals surface area (Å²) in [7, 11) is 1.43. The van der Waals surface area contributed by atoms with E-state index in [-0.39, 0.29) is 23.3 Å². The number of rotatable bonds is 7. The van der Waals surface area contributed by atoms with Gasteiger partial charge in [0.15, 0.2) is 0 Å². The first-order valence-corrected chi connectivity index (χ1v) is 8.45. The maximum atomic E-state index is 12.1. The zero-order valence-electron chi connectivity index (χ0n) is 14.9. The minimum Gasteiger partial charge on any atom is -0.480 e. The van der Waals surface area contributed by atoms with Crippen molar-refractivity contribution in [2.24, 2.45) is 0 Å². The number of hydrogen-bond donors (Lipinski definition) is 2. The predicted molar refractivity (Wildman–Crippen MR) is 103 cm³/mol. The second-order valence-electron chi connectivity index (χ2n) is 5.94. The molecular formula is C20H18N4O3. The average Bonchev–Trinajstić information content (AvgIpc) is 2.73. The summed E-state index contributed by atoms with van der Waals surface area (Å²) in [4.78, 5) is 28.2. The molecule has 0 aliphatic heterocycles. The smallest absolute Gasteiger partial charge is 0.253 e. The van der Waals surface area contributed by atoms with Gasteiger partial charge in [-0.25, -0.2) is 4.98 Å². The Kier molecular flexibility index (Phi) is 5.18. The number of ether oxygens (including phenoxy) is 1. The largest absolute Gasteiger partial charge is 0.480 e. The molecule has 3 rings (SSSR count). The van der Waals surface area contributed by atoms with Crippen LogP contribution in [0.25, 0.3) is 0 Å². The number of pyridine rings is 1. The van der Waals surface area contributed by atoms with Gasteiger partial charge in [0, 0.05) is 6.20 Å². The molecule has 0 aliphatic rings. The van der Waals surface area contributed by atoms with Gasteiger partial charge in [-0.15, -0.1) is 0 Å². The molecule has 1 atom stereocenters. The normalized spacial score (nSPS) is 11.6. The van der Waals surface area contributed by atoms with Gasteiger partial charge >= 0.3 is 0 Å². The van der Waals surface area contributed by atoms with Crippen LogP contribution in [0.2, 0.25) is 0 Å². The summed E-state index contributed by atoms with van der Waals surface area (Å²) < 4.78 is 5.16. The SMILES string of the molecule is CCC(Nc1c(Nc2cc(C#N)cnc2OC)c(=O)c1=O)c1ccccc1. The van der Waals surface area contributed by atoms with Crippen LogP contribution < -0.4 is 26.2 Å². The number of nitrogens with zero attached hydrogens (tertiary/aromatic N) is 2. The quantitative estimate of drug-likeness (QED) is 0.623. The third-order valence-electron chi connectivity index (χ3n) is 4.27. The molecule has 0 bridgehead atoms. The topological polar surface area (TPSA) is 104 Å². The third kappa shape index (κ3) is 3.51. The number of nitrogens with one attached hydrogen (secondary N) is 2. The van der Waals surface area contributed by atoms with Gasteiger partial charge in [-0.3, -0.25) is 9.59 Å². The van der Waals surface area contributed by atoms with Gasteiger partial charge in [-0.05, 0) is 18.1 Å². The van der Waals surface area contributed by atoms with Crippen molar-refractivity contribution in [1.29, 1.82) is 5.26 Å². The highest BCUT2D eigenvalue weighted by Crippen LogP contribution is 2.30. The Morgan fingerprint density at radius 2 is 1.89 bits per heavy atom. The van der Waals surface area contributed by atoms with E-state index in [0.717, 1.165) is 12.0 Å². The average molecular weight is 362 g/mol. The second-order valence-corrected chi connectivity index (χ2v) is 5.94. The van der Waals surface area contributed by atoms with E-state index in [1.54, 1.807) is 0 Å². The van der Waals surface area contributed by atoms with Crippen molar-refractivity contribution in [2.45, 2.75) is 19.4 Å². The molecule has 7 heteroatoms. The van der Waals surface area contributed by atoms with Gasteiger partial charge in [0.1, 0.15) is 23.1 Å². The Labute approximate surface area is 155 Å². The summed E-state index contributed by atoms with van der Waals surface area (Å²) in [6.45, 7) is 1.99. The van der Waals surface area contributed by atoms with Crippen LogP contribution in [0.3, 0.4) is 0 Å². The first kappa shape index (κ1) is 18.1. The Morgan fingerprint density at radius 3 is 2.52 bits per heavy atom. The number of aromatic nitrogens is 1. The Bertz CT molecular complexity index is 1060. The van der Waals surface area contributed by atoms with Crippen molar-refractivity contribution in [3.8, 4) is 11.9 Å². The molecule has 0 saturated carbocycles. The summed E-state index contributed by atoms with van der Waals surface area (Å²) in [5.74, 6) is 0.225. The van der Waals surface area contributed by atoms with Gasteiger partial charge in [0.25, 0.3) is 10.9 Å². The maximum absolute atomic E-state index is 12.1. The number of hydrogen-bond acceptors (Lipinski definition) is 7. The van der Waals surface area contributed by atoms with E-state index >= 15 is 0 Å². The lowest BCUT2D eigenvalue weighted by Gasteiger charge is -2.22. The first-order chi connectivity index (χ1) is 13.1. The van der Waals surface area contributed by atoms with Crippen LogP contribution in [0.15, 0.2) is 52.2 Å². The van der Waals surface area contributed by atoms with Crippen LogP contribution in [0, 0.1) is 11.3 Å². The molecule has 1 aromatic heterocycles. The lowest BCUT2D eigenvalue weighted by atomic mass is 10.0. The Balaban J connectivity index is 1.92. The van der Waals surface area contributed by atoms with E-state index in [1.165, 1.54) is 19.4 Å². The van der Waals surface area contributed by atoms with Gasteiger partial charge in [-0.2, -0.15) is 5.26 Å². The Morgan fingerprint density at radius 1 is 1.19 bits per heavy atom. The zero-order chi connectivity index (χ0) is 19.4. The highest BCUT2D eigenvalue weighted by molar-refractivity contribution is 5.80. The standard InChI is InChI=1S/C20H18N4O3/c1-3-14(13-7-5-4-6-8-13)23-16-17(19(26)18(16)25)24-15-9-12(10-21)11-22-20(15)27-2/h4-9,11,14,23-24H,3H2,1-2H3. The van der Waals surface area contributed by atoms with Crippen molar-refractivity contribution < 1.29 is 4.74 Å². The van der Waals surface area contributed by atoms with Crippen LogP contribution >= 0.6 is 0 Å². The first-order valence-electron chi connectivity index (χ1n) is 8.45. The molecule has 0 saturated heterocycles. The molecule has 27 heavy (non-hydrogen) atoms. The van der Waals surface area contributed by atoms with Gasteiger partial charge in [0.2, 0.25) is 5.88 Å². The number of benzene rings is 1. The predicted octanol–water partition coefficient (Wildman–Crippen LogP) is 2.86. The molecule has 1 heterocycles. The van der Waals surface area contributed by atoms with Crippen molar-refractivity contribution in [3.63, 3.8) is 0 Å². The monoisotopic (exact) mass is 362 g/mol. The van der Waals surface area contributed by atoms with Crippen LogP contribution in [-0.2, 0) is 0 Å². The lowest BCUT2D eigenvalue weighted by Crippen LogP contribution is -2.37.